The second kappa shape index (κ2) is 5.07. The van der Waals surface area contributed by atoms with Gasteiger partial charge in [-0.2, -0.15) is 4.79 Å². The second-order valence-corrected chi connectivity index (χ2v) is 5.35. The maximum atomic E-state index is 11.6. The first-order valence-electron chi connectivity index (χ1n) is 4.30. The molecule has 1 aromatic rings. The van der Waals surface area contributed by atoms with Crippen molar-refractivity contribution in [2.45, 2.75) is 5.25 Å². The van der Waals surface area contributed by atoms with E-state index in [0.717, 1.165) is 0 Å². The van der Waals surface area contributed by atoms with Crippen LogP contribution < -0.4 is 0 Å². The van der Waals surface area contributed by atoms with Crippen LogP contribution in [0.1, 0.15) is 10.8 Å². The van der Waals surface area contributed by atoms with Gasteiger partial charge in [0, 0.05) is 5.02 Å². The number of sulfone groups is 1. The van der Waals surface area contributed by atoms with Gasteiger partial charge in [0.2, 0.25) is 0 Å². The van der Waals surface area contributed by atoms with Gasteiger partial charge in [-0.3, -0.25) is 0 Å². The van der Waals surface area contributed by atoms with Crippen molar-refractivity contribution < 1.29 is 13.2 Å². The lowest BCUT2D eigenvalue weighted by atomic mass is 10.1. The third-order valence-corrected chi connectivity index (χ3v) is 3.77. The Balaban J connectivity index is 3.23. The van der Waals surface area contributed by atoms with E-state index in [9.17, 15) is 8.42 Å². The van der Waals surface area contributed by atoms with Gasteiger partial charge in [0.1, 0.15) is 5.25 Å². The zero-order valence-corrected chi connectivity index (χ0v) is 9.82. The minimum Gasteiger partial charge on any atom is -0.361 e. The largest absolute Gasteiger partial charge is 0.371 e. The standard InChI is InChI=1S/C10H9ClN2O2S/c1-2-10(16(14,15)7-13-12)8-3-5-9(11)6-4-8/h2-7,10H,1H2. The first kappa shape index (κ1) is 12.6. The van der Waals surface area contributed by atoms with Gasteiger partial charge in [-0.05, 0) is 17.7 Å². The Morgan fingerprint density at radius 1 is 1.38 bits per heavy atom. The monoisotopic (exact) mass is 256 g/mol. The highest BCUT2D eigenvalue weighted by atomic mass is 35.5. The summed E-state index contributed by atoms with van der Waals surface area (Å²) in [6, 6.07) is 6.33. The van der Waals surface area contributed by atoms with Crippen LogP contribution in [0.25, 0.3) is 5.53 Å². The predicted molar refractivity (Wildman–Crippen MR) is 63.0 cm³/mol. The number of halogens is 1. The Morgan fingerprint density at radius 2 is 1.94 bits per heavy atom. The molecule has 0 aliphatic carbocycles. The highest BCUT2D eigenvalue weighted by molar-refractivity contribution is 8.04. The van der Waals surface area contributed by atoms with Gasteiger partial charge in [0.05, 0.1) is 0 Å². The number of rotatable bonds is 4. The zero-order chi connectivity index (χ0) is 12.2. The quantitative estimate of drug-likeness (QED) is 0.272. The molecule has 1 aromatic carbocycles. The molecular weight excluding hydrogens is 248 g/mol. The van der Waals surface area contributed by atoms with Crippen molar-refractivity contribution in [1.29, 1.82) is 0 Å². The fourth-order valence-electron chi connectivity index (χ4n) is 1.24. The van der Waals surface area contributed by atoms with Crippen LogP contribution in [0.15, 0.2) is 36.9 Å². The van der Waals surface area contributed by atoms with Crippen LogP contribution in [0.3, 0.4) is 0 Å². The van der Waals surface area contributed by atoms with Gasteiger partial charge in [-0.15, -0.1) is 6.58 Å². The molecule has 16 heavy (non-hydrogen) atoms. The van der Waals surface area contributed by atoms with Crippen LogP contribution in [0.4, 0.5) is 0 Å². The molecule has 0 saturated carbocycles. The highest BCUT2D eigenvalue weighted by Gasteiger charge is 2.26. The summed E-state index contributed by atoms with van der Waals surface area (Å²) in [6.07, 6.45) is 1.26. The van der Waals surface area contributed by atoms with Crippen LogP contribution in [0.2, 0.25) is 5.02 Å². The Labute approximate surface area is 98.7 Å². The Kier molecular flexibility index (Phi) is 4.01. The fourth-order valence-corrected chi connectivity index (χ4v) is 2.44. The van der Waals surface area contributed by atoms with Gasteiger partial charge in [0.15, 0.2) is 0 Å². The zero-order valence-electron chi connectivity index (χ0n) is 8.25. The second-order valence-electron chi connectivity index (χ2n) is 3.02. The summed E-state index contributed by atoms with van der Waals surface area (Å²) in [6.45, 7) is 3.45. The van der Waals surface area contributed by atoms with E-state index in [1.54, 1.807) is 24.3 Å². The third-order valence-electron chi connectivity index (χ3n) is 1.96. The Hall–Kier alpha value is -1.42. The van der Waals surface area contributed by atoms with Crippen LogP contribution in [0, 0.1) is 0 Å². The van der Waals surface area contributed by atoms with Crippen molar-refractivity contribution in [3.63, 3.8) is 0 Å². The molecule has 84 valence electrons. The minimum atomic E-state index is -3.69. The average molecular weight is 257 g/mol. The lowest BCUT2D eigenvalue weighted by Gasteiger charge is -2.08. The first-order valence-corrected chi connectivity index (χ1v) is 6.29. The Morgan fingerprint density at radius 3 is 2.38 bits per heavy atom. The fraction of sp³-hybridized carbons (Fsp3) is 0.100. The predicted octanol–water partition coefficient (Wildman–Crippen LogP) is 2.24. The summed E-state index contributed by atoms with van der Waals surface area (Å²) in [5.41, 5.74) is 9.28. The summed E-state index contributed by atoms with van der Waals surface area (Å²) in [5, 5.41) is -0.430. The van der Waals surface area contributed by atoms with Crippen molar-refractivity contribution in [2.24, 2.45) is 0 Å². The number of nitrogens with zero attached hydrogens (tertiary/aromatic N) is 2. The molecule has 0 heterocycles. The average Bonchev–Trinajstić information content (AvgIpc) is 2.21. The van der Waals surface area contributed by atoms with Crippen molar-refractivity contribution in [1.82, 2.24) is 0 Å². The maximum Gasteiger partial charge on any atom is 0.371 e. The maximum absolute atomic E-state index is 11.6. The van der Waals surface area contributed by atoms with Crippen molar-refractivity contribution in [3.8, 4) is 0 Å². The van der Waals surface area contributed by atoms with Crippen molar-refractivity contribution in [2.75, 3.05) is 0 Å². The SMILES string of the molecule is C=CC(c1ccc(Cl)cc1)S(=O)(=O)C=[N+]=[N-]. The van der Waals surface area contributed by atoms with E-state index in [4.69, 9.17) is 17.1 Å². The molecule has 0 amide bonds. The van der Waals surface area contributed by atoms with E-state index in [-0.39, 0.29) is 0 Å². The normalized spacial score (nSPS) is 12.6. The first-order chi connectivity index (χ1) is 7.51. The van der Waals surface area contributed by atoms with Crippen LogP contribution in [0.5, 0.6) is 0 Å². The summed E-state index contributed by atoms with van der Waals surface area (Å²) >= 11 is 5.69. The van der Waals surface area contributed by atoms with Gasteiger partial charge < -0.3 is 5.53 Å². The van der Waals surface area contributed by atoms with Crippen LogP contribution in [-0.2, 0) is 9.84 Å². The molecule has 0 N–H and O–H groups in total. The lowest BCUT2D eigenvalue weighted by Crippen LogP contribution is -2.12. The Bertz CT molecular complexity index is 530. The molecule has 0 saturated heterocycles. The third kappa shape index (κ3) is 2.79. The van der Waals surface area contributed by atoms with Gasteiger partial charge >= 0.3 is 5.55 Å². The van der Waals surface area contributed by atoms with Gasteiger partial charge in [-0.1, -0.05) is 29.8 Å². The van der Waals surface area contributed by atoms with E-state index < -0.39 is 15.1 Å². The minimum absolute atomic E-state index is 0.494. The van der Waals surface area contributed by atoms with E-state index >= 15 is 0 Å². The van der Waals surface area contributed by atoms with Crippen molar-refractivity contribution >= 4 is 27.0 Å². The molecule has 1 atom stereocenters. The number of benzene rings is 1. The lowest BCUT2D eigenvalue weighted by molar-refractivity contribution is 0.00749. The van der Waals surface area contributed by atoms with Gasteiger partial charge in [0.25, 0.3) is 9.84 Å². The molecule has 1 unspecified atom stereocenters. The molecule has 0 bridgehead atoms. The summed E-state index contributed by atoms with van der Waals surface area (Å²) in [5.74, 6) is 0. The van der Waals surface area contributed by atoms with Gasteiger partial charge in [-0.25, -0.2) is 8.42 Å². The highest BCUT2D eigenvalue weighted by Crippen LogP contribution is 2.24. The smallest absolute Gasteiger partial charge is 0.361 e. The molecule has 0 aromatic heterocycles. The topological polar surface area (TPSA) is 70.5 Å². The van der Waals surface area contributed by atoms with Crippen molar-refractivity contribution in [3.05, 3.63) is 53.0 Å². The molecule has 1 rings (SSSR count). The molecule has 0 spiro atoms. The molecule has 0 aliphatic rings. The molecular formula is C10H9ClN2O2S. The molecule has 0 radical (unpaired) electrons. The number of hydrogen-bond donors (Lipinski definition) is 0. The summed E-state index contributed by atoms with van der Waals surface area (Å²) in [7, 11) is -3.69. The molecule has 4 nitrogen and oxygen atoms in total. The van der Waals surface area contributed by atoms with E-state index in [0.29, 0.717) is 16.1 Å². The summed E-state index contributed by atoms with van der Waals surface area (Å²) < 4.78 is 23.3. The molecule has 0 fully saturated rings. The van der Waals surface area contributed by atoms with E-state index in [2.05, 4.69) is 11.4 Å². The summed E-state index contributed by atoms with van der Waals surface area (Å²) in [4.78, 5) is 2.53. The molecule has 0 aliphatic heterocycles. The molecule has 6 heteroatoms. The van der Waals surface area contributed by atoms with Crippen LogP contribution in [-0.4, -0.2) is 18.8 Å². The number of hydrogen-bond acceptors (Lipinski definition) is 2. The van der Waals surface area contributed by atoms with Crippen LogP contribution >= 0.6 is 11.6 Å². The van der Waals surface area contributed by atoms with E-state index in [1.807, 2.05) is 0 Å². The van der Waals surface area contributed by atoms with E-state index in [1.165, 1.54) is 6.08 Å².